The summed E-state index contributed by atoms with van der Waals surface area (Å²) in [6.45, 7) is 2.60. The van der Waals surface area contributed by atoms with Crippen molar-refractivity contribution < 1.29 is 58.1 Å². The first kappa shape index (κ1) is 31.5. The van der Waals surface area contributed by atoms with Crippen LogP contribution in [0.5, 0.6) is 11.5 Å². The Balaban J connectivity index is 1.41. The van der Waals surface area contributed by atoms with E-state index in [1.165, 1.54) is 32.2 Å². The Kier molecular flexibility index (Phi) is 8.50. The van der Waals surface area contributed by atoms with Crippen molar-refractivity contribution in [1.82, 2.24) is 0 Å². The third-order valence-electron chi connectivity index (χ3n) is 8.16. The minimum atomic E-state index is -1.62. The normalized spacial score (nSPS) is 20.7. The van der Waals surface area contributed by atoms with E-state index in [9.17, 15) is 35.1 Å². The zero-order chi connectivity index (χ0) is 32.9. The first-order valence-electron chi connectivity index (χ1n) is 14.5. The second-order valence-electron chi connectivity index (χ2n) is 10.9. The van der Waals surface area contributed by atoms with Crippen molar-refractivity contribution in [2.75, 3.05) is 20.5 Å². The standard InChI is InChI=1S/C32H32O14/c1-4-14-8-9-18-22-20(14)30(38)46-28-21-15(26(36)24(23(22)28)31(39)44-18)6-5-7-17(21)45-32-29(27(37)16(34)10-42-32)43-12-41-11-19(40-3)25(35)13(2)33/h5-10,13,19,25,27,29,32-37H,4,11-12H2,1-3H3/t13?,19-,25?,27?,29?,32?/m0/s1. The van der Waals surface area contributed by atoms with Gasteiger partial charge in [-0.15, -0.1) is 0 Å². The Labute approximate surface area is 259 Å². The molecule has 5 aromatic rings. The lowest BCUT2D eigenvalue weighted by Crippen LogP contribution is -2.48. The summed E-state index contributed by atoms with van der Waals surface area (Å²) in [5.41, 5.74) is -0.744. The van der Waals surface area contributed by atoms with E-state index in [4.69, 9.17) is 32.5 Å². The largest absolute Gasteiger partial charge is 0.506 e. The topological polar surface area (TPSA) is 208 Å². The van der Waals surface area contributed by atoms with Crippen LogP contribution in [0.2, 0.25) is 0 Å². The molecule has 0 spiro atoms. The van der Waals surface area contributed by atoms with Gasteiger partial charge in [0.1, 0.15) is 53.8 Å². The third kappa shape index (κ3) is 5.18. The minimum absolute atomic E-state index is 0.0231. The van der Waals surface area contributed by atoms with Gasteiger partial charge in [0, 0.05) is 23.3 Å². The maximum absolute atomic E-state index is 13.4. The van der Waals surface area contributed by atoms with Crippen molar-refractivity contribution >= 4 is 43.5 Å². The molecule has 6 rings (SSSR count). The first-order chi connectivity index (χ1) is 22.1. The molecular formula is C32H32O14. The molecule has 1 aliphatic rings. The monoisotopic (exact) mass is 640 g/mol. The Hall–Kier alpha value is -4.44. The summed E-state index contributed by atoms with van der Waals surface area (Å²) in [7, 11) is 1.33. The lowest BCUT2D eigenvalue weighted by molar-refractivity contribution is -0.221. The fourth-order valence-electron chi connectivity index (χ4n) is 5.77. The summed E-state index contributed by atoms with van der Waals surface area (Å²) < 4.78 is 39.3. The number of aromatic hydroxyl groups is 1. The maximum atomic E-state index is 13.4. The lowest BCUT2D eigenvalue weighted by atomic mass is 9.95. The third-order valence-corrected chi connectivity index (χ3v) is 8.16. The number of rotatable bonds is 11. The summed E-state index contributed by atoms with van der Waals surface area (Å²) >= 11 is 0. The molecule has 14 nitrogen and oxygen atoms in total. The van der Waals surface area contributed by atoms with Crippen molar-refractivity contribution in [3.8, 4) is 11.5 Å². The average molecular weight is 641 g/mol. The molecule has 2 aromatic heterocycles. The number of aliphatic hydroxyl groups is 4. The Morgan fingerprint density at radius 2 is 1.72 bits per heavy atom. The van der Waals surface area contributed by atoms with Crippen molar-refractivity contribution in [3.63, 3.8) is 0 Å². The summed E-state index contributed by atoms with van der Waals surface area (Å²) in [6, 6.07) is 7.79. The van der Waals surface area contributed by atoms with Crippen LogP contribution in [-0.2, 0) is 25.4 Å². The van der Waals surface area contributed by atoms with Crippen LogP contribution in [0.25, 0.3) is 43.5 Å². The molecule has 0 fully saturated rings. The van der Waals surface area contributed by atoms with E-state index < -0.39 is 66.4 Å². The number of benzene rings is 3. The second kappa shape index (κ2) is 12.4. The van der Waals surface area contributed by atoms with E-state index in [2.05, 4.69) is 0 Å². The summed E-state index contributed by atoms with van der Waals surface area (Å²) in [5, 5.41) is 52.7. The zero-order valence-electron chi connectivity index (χ0n) is 25.0. The summed E-state index contributed by atoms with van der Waals surface area (Å²) in [5.74, 6) is -0.946. The molecular weight excluding hydrogens is 608 g/mol. The molecule has 46 heavy (non-hydrogen) atoms. The van der Waals surface area contributed by atoms with Crippen molar-refractivity contribution in [2.24, 2.45) is 0 Å². The number of phenolic OH excluding ortho intramolecular Hbond substituents is 1. The fraction of sp³-hybridized carbons (Fsp3) is 0.375. The Morgan fingerprint density at radius 1 is 0.957 bits per heavy atom. The number of fused-ring (bicyclic) bond motifs is 2. The van der Waals surface area contributed by atoms with Crippen LogP contribution in [0, 0.1) is 0 Å². The number of methoxy groups -OCH3 is 1. The first-order valence-corrected chi connectivity index (χ1v) is 14.5. The van der Waals surface area contributed by atoms with Gasteiger partial charge >= 0.3 is 11.3 Å². The summed E-state index contributed by atoms with van der Waals surface area (Å²) in [6.07, 6.45) is -6.24. The molecule has 0 aliphatic carbocycles. The van der Waals surface area contributed by atoms with Crippen LogP contribution in [0.1, 0.15) is 19.4 Å². The predicted molar refractivity (Wildman–Crippen MR) is 162 cm³/mol. The van der Waals surface area contributed by atoms with Gasteiger partial charge < -0.3 is 58.1 Å². The molecule has 0 saturated carbocycles. The van der Waals surface area contributed by atoms with Crippen LogP contribution in [0.4, 0.5) is 0 Å². The molecule has 3 aromatic carbocycles. The van der Waals surface area contributed by atoms with Crippen LogP contribution in [0.15, 0.2) is 60.8 Å². The highest BCUT2D eigenvalue weighted by molar-refractivity contribution is 6.28. The van der Waals surface area contributed by atoms with Crippen molar-refractivity contribution in [3.05, 3.63) is 68.8 Å². The average Bonchev–Trinajstić information content (AvgIpc) is 3.04. The van der Waals surface area contributed by atoms with Gasteiger partial charge in [-0.1, -0.05) is 25.1 Å². The van der Waals surface area contributed by atoms with Crippen LogP contribution >= 0.6 is 0 Å². The SMILES string of the molecule is CCc1ccc2oc(=O)c3c(O)c4cccc(OC5OC=C(O)C(O)C5OCOC[C@H](OC)C(O)C(C)O)c4c4oc(=O)c1c2c34. The van der Waals surface area contributed by atoms with Gasteiger partial charge in [-0.2, -0.15) is 0 Å². The van der Waals surface area contributed by atoms with E-state index in [-0.39, 0.29) is 50.5 Å². The minimum Gasteiger partial charge on any atom is -0.506 e. The number of aliphatic hydroxyl groups excluding tert-OH is 4. The van der Waals surface area contributed by atoms with Gasteiger partial charge in [0.15, 0.2) is 17.4 Å². The second-order valence-corrected chi connectivity index (χ2v) is 10.9. The number of hydrogen-bond acceptors (Lipinski definition) is 14. The molecule has 0 amide bonds. The highest BCUT2D eigenvalue weighted by atomic mass is 16.7. The van der Waals surface area contributed by atoms with Crippen LogP contribution < -0.4 is 16.0 Å². The molecule has 1 aliphatic heterocycles. The molecule has 244 valence electrons. The maximum Gasteiger partial charge on any atom is 0.348 e. The molecule has 0 radical (unpaired) electrons. The summed E-state index contributed by atoms with van der Waals surface area (Å²) in [4.78, 5) is 26.5. The number of hydrogen-bond donors (Lipinski definition) is 5. The molecule has 0 bridgehead atoms. The number of aryl methyl sites for hydroxylation is 1. The highest BCUT2D eigenvalue weighted by Crippen LogP contribution is 2.45. The van der Waals surface area contributed by atoms with E-state index in [0.717, 1.165) is 6.26 Å². The predicted octanol–water partition coefficient (Wildman–Crippen LogP) is 2.52. The van der Waals surface area contributed by atoms with Gasteiger partial charge in [-0.3, -0.25) is 0 Å². The van der Waals surface area contributed by atoms with E-state index in [1.807, 2.05) is 6.92 Å². The van der Waals surface area contributed by atoms with Gasteiger partial charge in [0.05, 0.1) is 23.5 Å². The zero-order valence-corrected chi connectivity index (χ0v) is 25.0. The quantitative estimate of drug-likeness (QED) is 0.0462. The Bertz CT molecular complexity index is 2040. The van der Waals surface area contributed by atoms with E-state index >= 15 is 0 Å². The molecule has 0 saturated heterocycles. The van der Waals surface area contributed by atoms with Crippen LogP contribution in [-0.4, -0.2) is 82.9 Å². The van der Waals surface area contributed by atoms with Crippen molar-refractivity contribution in [2.45, 2.75) is 57.1 Å². The highest BCUT2D eigenvalue weighted by Gasteiger charge is 2.39. The lowest BCUT2D eigenvalue weighted by Gasteiger charge is -2.33. The molecule has 5 unspecified atom stereocenters. The number of ether oxygens (including phenoxy) is 5. The van der Waals surface area contributed by atoms with Gasteiger partial charge in [-0.25, -0.2) is 9.59 Å². The molecule has 3 heterocycles. The van der Waals surface area contributed by atoms with Gasteiger partial charge in [0.2, 0.25) is 0 Å². The smallest absolute Gasteiger partial charge is 0.348 e. The van der Waals surface area contributed by atoms with Crippen molar-refractivity contribution in [1.29, 1.82) is 0 Å². The number of phenols is 1. The molecule has 6 atom stereocenters. The molecule has 5 N–H and O–H groups in total. The van der Waals surface area contributed by atoms with Gasteiger partial charge in [0.25, 0.3) is 6.29 Å². The van der Waals surface area contributed by atoms with Gasteiger partial charge in [-0.05, 0) is 31.0 Å². The molecule has 14 heteroatoms. The fourth-order valence-corrected chi connectivity index (χ4v) is 5.77. The van der Waals surface area contributed by atoms with E-state index in [1.54, 1.807) is 12.1 Å². The Morgan fingerprint density at radius 3 is 2.43 bits per heavy atom. The van der Waals surface area contributed by atoms with Crippen LogP contribution in [0.3, 0.4) is 0 Å². The van der Waals surface area contributed by atoms with E-state index in [0.29, 0.717) is 17.4 Å².